The maximum atomic E-state index is 6.00. The van der Waals surface area contributed by atoms with Crippen molar-refractivity contribution in [2.75, 3.05) is 7.05 Å². The summed E-state index contributed by atoms with van der Waals surface area (Å²) in [5, 5.41) is 4.11. The van der Waals surface area contributed by atoms with Gasteiger partial charge in [-0.05, 0) is 54.8 Å². The fourth-order valence-electron chi connectivity index (χ4n) is 2.84. The zero-order valence-corrected chi connectivity index (χ0v) is 12.3. The minimum atomic E-state index is 0.458. The number of fused-ring (bicyclic) bond motifs is 1. The molecule has 0 saturated heterocycles. The molecule has 0 bridgehead atoms. The summed E-state index contributed by atoms with van der Waals surface area (Å²) < 4.78 is 6.00. The maximum Gasteiger partial charge on any atom is 0.123 e. The van der Waals surface area contributed by atoms with Crippen LogP contribution >= 0.6 is 11.6 Å². The summed E-state index contributed by atoms with van der Waals surface area (Å²) in [4.78, 5) is 0. The van der Waals surface area contributed by atoms with Gasteiger partial charge in [0.2, 0.25) is 0 Å². The van der Waals surface area contributed by atoms with E-state index in [-0.39, 0.29) is 0 Å². The standard InChI is InChI=1S/C17H18ClNO/c1-19-16-9-8-15-14(16)6-3-7-17(15)20-11-12-4-2-5-13(18)10-12/h2-7,10,16,19H,8-9,11H2,1H3. The van der Waals surface area contributed by atoms with Crippen LogP contribution in [-0.4, -0.2) is 7.05 Å². The van der Waals surface area contributed by atoms with Gasteiger partial charge in [-0.25, -0.2) is 0 Å². The molecule has 0 amide bonds. The van der Waals surface area contributed by atoms with Gasteiger partial charge in [-0.3, -0.25) is 0 Å². The molecule has 0 spiro atoms. The lowest BCUT2D eigenvalue weighted by atomic mass is 10.1. The molecular weight excluding hydrogens is 270 g/mol. The van der Waals surface area contributed by atoms with E-state index in [1.807, 2.05) is 31.3 Å². The van der Waals surface area contributed by atoms with Gasteiger partial charge in [0.25, 0.3) is 0 Å². The number of hydrogen-bond donors (Lipinski definition) is 1. The van der Waals surface area contributed by atoms with Crippen molar-refractivity contribution in [1.82, 2.24) is 5.32 Å². The van der Waals surface area contributed by atoms with E-state index in [2.05, 4.69) is 23.5 Å². The summed E-state index contributed by atoms with van der Waals surface area (Å²) in [5.74, 6) is 1.00. The van der Waals surface area contributed by atoms with Crippen LogP contribution in [0.3, 0.4) is 0 Å². The summed E-state index contributed by atoms with van der Waals surface area (Å²) in [7, 11) is 2.01. The fourth-order valence-corrected chi connectivity index (χ4v) is 3.06. The summed E-state index contributed by atoms with van der Waals surface area (Å²) >= 11 is 5.99. The summed E-state index contributed by atoms with van der Waals surface area (Å²) in [6, 6.07) is 14.6. The smallest absolute Gasteiger partial charge is 0.123 e. The third kappa shape index (κ3) is 2.67. The molecule has 1 N–H and O–H groups in total. The lowest BCUT2D eigenvalue weighted by Gasteiger charge is -2.13. The Morgan fingerprint density at radius 2 is 2.10 bits per heavy atom. The molecule has 0 heterocycles. The van der Waals surface area contributed by atoms with E-state index in [1.54, 1.807) is 0 Å². The van der Waals surface area contributed by atoms with Gasteiger partial charge < -0.3 is 10.1 Å². The zero-order valence-electron chi connectivity index (χ0n) is 11.5. The van der Waals surface area contributed by atoms with Crippen LogP contribution in [0.4, 0.5) is 0 Å². The average molecular weight is 288 g/mol. The van der Waals surface area contributed by atoms with E-state index >= 15 is 0 Å². The summed E-state index contributed by atoms with van der Waals surface area (Å²) in [6.45, 7) is 0.557. The van der Waals surface area contributed by atoms with E-state index < -0.39 is 0 Å². The zero-order chi connectivity index (χ0) is 13.9. The van der Waals surface area contributed by atoms with E-state index in [9.17, 15) is 0 Å². The molecule has 3 rings (SSSR count). The monoisotopic (exact) mass is 287 g/mol. The van der Waals surface area contributed by atoms with Crippen LogP contribution in [0.15, 0.2) is 42.5 Å². The lowest BCUT2D eigenvalue weighted by molar-refractivity contribution is 0.303. The SMILES string of the molecule is CNC1CCc2c(OCc3cccc(Cl)c3)cccc21. The second kappa shape index (κ2) is 5.86. The molecule has 1 aliphatic rings. The molecule has 0 saturated carbocycles. The van der Waals surface area contributed by atoms with E-state index in [4.69, 9.17) is 16.3 Å². The lowest BCUT2D eigenvalue weighted by Crippen LogP contribution is -2.12. The molecule has 2 aromatic rings. The van der Waals surface area contributed by atoms with Gasteiger partial charge in [-0.2, -0.15) is 0 Å². The minimum absolute atomic E-state index is 0.458. The largest absolute Gasteiger partial charge is 0.489 e. The van der Waals surface area contributed by atoms with Gasteiger partial charge in [0.15, 0.2) is 0 Å². The predicted octanol–water partition coefficient (Wildman–Crippen LogP) is 4.13. The molecule has 0 radical (unpaired) electrons. The number of hydrogen-bond acceptors (Lipinski definition) is 2. The number of rotatable bonds is 4. The third-order valence-corrected chi connectivity index (χ3v) is 4.09. The Morgan fingerprint density at radius 1 is 1.25 bits per heavy atom. The highest BCUT2D eigenvalue weighted by atomic mass is 35.5. The van der Waals surface area contributed by atoms with Crippen molar-refractivity contribution in [2.24, 2.45) is 0 Å². The van der Waals surface area contributed by atoms with Gasteiger partial charge in [-0.1, -0.05) is 35.9 Å². The second-order valence-corrected chi connectivity index (χ2v) is 5.56. The highest BCUT2D eigenvalue weighted by molar-refractivity contribution is 6.30. The van der Waals surface area contributed by atoms with Crippen molar-refractivity contribution in [3.8, 4) is 5.75 Å². The van der Waals surface area contributed by atoms with Crippen LogP contribution in [0.2, 0.25) is 5.02 Å². The first-order valence-corrected chi connectivity index (χ1v) is 7.32. The normalized spacial score (nSPS) is 17.0. The fraction of sp³-hybridized carbons (Fsp3) is 0.294. The molecule has 20 heavy (non-hydrogen) atoms. The van der Waals surface area contributed by atoms with Gasteiger partial charge in [0, 0.05) is 11.1 Å². The molecule has 1 aliphatic carbocycles. The molecule has 2 aromatic carbocycles. The molecule has 104 valence electrons. The molecule has 0 aliphatic heterocycles. The first-order valence-electron chi connectivity index (χ1n) is 6.94. The summed E-state index contributed by atoms with van der Waals surface area (Å²) in [6.07, 6.45) is 2.22. The van der Waals surface area contributed by atoms with Crippen LogP contribution in [0, 0.1) is 0 Å². The van der Waals surface area contributed by atoms with Crippen LogP contribution in [0.25, 0.3) is 0 Å². The second-order valence-electron chi connectivity index (χ2n) is 5.12. The van der Waals surface area contributed by atoms with Crippen molar-refractivity contribution >= 4 is 11.6 Å². The maximum absolute atomic E-state index is 6.00. The third-order valence-electron chi connectivity index (χ3n) is 3.86. The molecule has 0 fully saturated rings. The van der Waals surface area contributed by atoms with Crippen LogP contribution in [0.1, 0.15) is 29.2 Å². The van der Waals surface area contributed by atoms with Crippen molar-refractivity contribution in [1.29, 1.82) is 0 Å². The van der Waals surface area contributed by atoms with Gasteiger partial charge in [0.05, 0.1) is 0 Å². The highest BCUT2D eigenvalue weighted by Crippen LogP contribution is 2.36. The summed E-state index contributed by atoms with van der Waals surface area (Å²) in [5.41, 5.74) is 3.81. The quantitative estimate of drug-likeness (QED) is 0.913. The van der Waals surface area contributed by atoms with E-state index in [0.29, 0.717) is 12.6 Å². The van der Waals surface area contributed by atoms with Crippen molar-refractivity contribution in [3.05, 3.63) is 64.2 Å². The van der Waals surface area contributed by atoms with Gasteiger partial charge >= 0.3 is 0 Å². The molecule has 0 aromatic heterocycles. The Hall–Kier alpha value is -1.51. The average Bonchev–Trinajstić information content (AvgIpc) is 2.89. The van der Waals surface area contributed by atoms with E-state index in [0.717, 1.165) is 29.2 Å². The number of nitrogens with one attached hydrogen (secondary N) is 1. The topological polar surface area (TPSA) is 21.3 Å². The number of benzene rings is 2. The Morgan fingerprint density at radius 3 is 2.90 bits per heavy atom. The Labute approximate surface area is 124 Å². The minimum Gasteiger partial charge on any atom is -0.489 e. The van der Waals surface area contributed by atoms with Crippen LogP contribution in [-0.2, 0) is 13.0 Å². The first-order chi connectivity index (χ1) is 9.78. The van der Waals surface area contributed by atoms with Gasteiger partial charge in [-0.15, -0.1) is 0 Å². The van der Waals surface area contributed by atoms with Crippen LogP contribution in [0.5, 0.6) is 5.75 Å². The van der Waals surface area contributed by atoms with E-state index in [1.165, 1.54) is 11.1 Å². The predicted molar refractivity (Wildman–Crippen MR) is 82.3 cm³/mol. The van der Waals surface area contributed by atoms with Crippen LogP contribution < -0.4 is 10.1 Å². The first kappa shape index (κ1) is 13.5. The van der Waals surface area contributed by atoms with Crippen molar-refractivity contribution in [2.45, 2.75) is 25.5 Å². The Balaban J connectivity index is 1.77. The van der Waals surface area contributed by atoms with Gasteiger partial charge in [0.1, 0.15) is 12.4 Å². The Bertz CT molecular complexity index is 612. The van der Waals surface area contributed by atoms with Crippen molar-refractivity contribution < 1.29 is 4.74 Å². The molecule has 2 nitrogen and oxygen atoms in total. The Kier molecular flexibility index (Phi) is 3.95. The number of ether oxygens (including phenoxy) is 1. The van der Waals surface area contributed by atoms with Crippen molar-refractivity contribution in [3.63, 3.8) is 0 Å². The number of halogens is 1. The molecule has 3 heteroatoms. The molecular formula is C17H18ClNO. The molecule has 1 atom stereocenters. The molecule has 1 unspecified atom stereocenters. The highest BCUT2D eigenvalue weighted by Gasteiger charge is 2.23.